The second-order valence-electron chi connectivity index (χ2n) is 4.59. The first kappa shape index (κ1) is 20.0. The van der Waals surface area contributed by atoms with Gasteiger partial charge in [-0.3, -0.25) is 9.97 Å². The van der Waals surface area contributed by atoms with Crippen molar-refractivity contribution in [3.8, 4) is 0 Å². The molecule has 0 bridgehead atoms. The maximum atomic E-state index is 9.58. The molecule has 2 nitrogen and oxygen atoms in total. The minimum Gasteiger partial charge on any atom is -0.385 e. The van der Waals surface area contributed by atoms with Gasteiger partial charge in [0.15, 0.2) is 6.68 Å². The average Bonchev–Trinajstić information content (AvgIpc) is 2.53. The Labute approximate surface area is 152 Å². The van der Waals surface area contributed by atoms with E-state index in [9.17, 15) is 13.2 Å². The average molecular weight is 509 g/mol. The van der Waals surface area contributed by atoms with E-state index in [4.69, 9.17) is 0 Å². The summed E-state index contributed by atoms with van der Waals surface area (Å²) >= 11 is 0. The number of fused-ring (bicyclic) bond motifs is 5. The van der Waals surface area contributed by atoms with Gasteiger partial charge in [0.05, 0.1) is 11.0 Å². The van der Waals surface area contributed by atoms with Gasteiger partial charge < -0.3 is 20.6 Å². The van der Waals surface area contributed by atoms with E-state index in [0.29, 0.717) is 0 Å². The summed E-state index contributed by atoms with van der Waals surface area (Å²) in [6.07, 6.45) is 3.67. The normalized spacial score (nSPS) is 10.0. The third-order valence-corrected chi connectivity index (χ3v) is 3.33. The van der Waals surface area contributed by atoms with Gasteiger partial charge in [0, 0.05) is 28.6 Å². The number of hydrogen-bond donors (Lipinski definition) is 0. The van der Waals surface area contributed by atoms with Gasteiger partial charge in [-0.25, -0.2) is 0 Å². The Morgan fingerprint density at radius 3 is 1.46 bits per heavy atom. The first-order valence-electron chi connectivity index (χ1n) is 6.51. The molecule has 2 heterocycles. The fourth-order valence-corrected chi connectivity index (χ4v) is 2.49. The van der Waals surface area contributed by atoms with Gasteiger partial charge in [-0.1, -0.05) is 36.4 Å². The van der Waals surface area contributed by atoms with E-state index in [2.05, 4.69) is 46.4 Å². The minimum atomic E-state index is -3.08. The molecule has 0 radical (unpaired) electrons. The Balaban J connectivity index is 0.000000438. The van der Waals surface area contributed by atoms with Crippen molar-refractivity contribution in [1.82, 2.24) is 9.97 Å². The third kappa shape index (κ3) is 4.09. The van der Waals surface area contributed by atoms with Crippen molar-refractivity contribution in [3.05, 3.63) is 75.0 Å². The number of rotatable bonds is 0. The quantitative estimate of drug-likeness (QED) is 0.224. The zero-order valence-electron chi connectivity index (χ0n) is 12.6. The number of nitrogens with zero attached hydrogens (tertiary/aromatic N) is 2. The number of pyridine rings is 2. The fourth-order valence-electron chi connectivity index (χ4n) is 2.49. The van der Waals surface area contributed by atoms with Crippen LogP contribution in [0.1, 0.15) is 0 Å². The summed E-state index contributed by atoms with van der Waals surface area (Å²) in [5.41, 5.74) is 2.05. The molecule has 4 rings (SSSR count). The Kier molecular flexibility index (Phi) is 7.30. The maximum absolute atomic E-state index is 9.58. The van der Waals surface area contributed by atoms with E-state index >= 15 is 0 Å². The van der Waals surface area contributed by atoms with Crippen LogP contribution in [0.5, 0.6) is 0 Å². The van der Waals surface area contributed by atoms with E-state index in [1.165, 1.54) is 5.39 Å². The standard InChI is InChI=1S/C16H10N2.CF3.CH3.Pt/c1-3-12-7-5-11-6-8-13-4-2-10-18-16(13)14(11)15(12)17-9-1;2-1(3)4;;/h1-10H;;1H3;/q;2*-1;+2. The molecule has 0 N–H and O–H groups in total. The van der Waals surface area contributed by atoms with Crippen LogP contribution in [-0.2, 0) is 21.1 Å². The van der Waals surface area contributed by atoms with Crippen LogP contribution >= 0.6 is 0 Å². The van der Waals surface area contributed by atoms with Gasteiger partial charge in [-0.2, -0.15) is 0 Å². The molecule has 2 aromatic heterocycles. The monoisotopic (exact) mass is 509 g/mol. The second-order valence-corrected chi connectivity index (χ2v) is 4.59. The molecule has 0 amide bonds. The summed E-state index contributed by atoms with van der Waals surface area (Å²) in [5.74, 6) is 0. The van der Waals surface area contributed by atoms with E-state index in [1.807, 2.05) is 24.5 Å². The summed E-state index contributed by atoms with van der Waals surface area (Å²) in [7, 11) is 0. The number of halogens is 3. The van der Waals surface area contributed by atoms with Crippen molar-refractivity contribution in [3.63, 3.8) is 0 Å². The number of benzene rings is 2. The Hall–Kier alpha value is -2.00. The van der Waals surface area contributed by atoms with E-state index < -0.39 is 6.68 Å². The zero-order chi connectivity index (χ0) is 15.5. The summed E-state index contributed by atoms with van der Waals surface area (Å²) in [6, 6.07) is 16.6. The van der Waals surface area contributed by atoms with Crippen molar-refractivity contribution in [2.75, 3.05) is 0 Å². The SMILES string of the molecule is F[C-](F)F.[CH3-].[Pt+2].c1cnc2c(c1)ccc1ccc3cccnc3c12. The van der Waals surface area contributed by atoms with Crippen molar-refractivity contribution in [2.24, 2.45) is 0 Å². The molecule has 24 heavy (non-hydrogen) atoms. The molecule has 4 aromatic rings. The van der Waals surface area contributed by atoms with Crippen molar-refractivity contribution in [2.45, 2.75) is 0 Å². The molecule has 2 aromatic carbocycles. The van der Waals surface area contributed by atoms with Gasteiger partial charge in [0.1, 0.15) is 0 Å². The first-order valence-corrected chi connectivity index (χ1v) is 6.51. The molecule has 0 aliphatic heterocycles. The van der Waals surface area contributed by atoms with Gasteiger partial charge >= 0.3 is 21.1 Å². The van der Waals surface area contributed by atoms with Crippen LogP contribution in [-0.4, -0.2) is 9.97 Å². The molecule has 126 valence electrons. The molecule has 0 atom stereocenters. The summed E-state index contributed by atoms with van der Waals surface area (Å²) in [6.45, 7) is -3.08. The smallest absolute Gasteiger partial charge is 0.385 e. The van der Waals surface area contributed by atoms with Crippen LogP contribution in [0, 0.1) is 14.1 Å². The van der Waals surface area contributed by atoms with E-state index in [1.54, 1.807) is 0 Å². The van der Waals surface area contributed by atoms with E-state index in [-0.39, 0.29) is 28.5 Å². The molecule has 0 saturated heterocycles. The fraction of sp³-hybridized carbons (Fsp3) is 0. The van der Waals surface area contributed by atoms with Crippen LogP contribution in [0.4, 0.5) is 13.2 Å². The molecular weight excluding hydrogens is 496 g/mol. The van der Waals surface area contributed by atoms with Crippen LogP contribution in [0.2, 0.25) is 0 Å². The van der Waals surface area contributed by atoms with Gasteiger partial charge in [0.25, 0.3) is 0 Å². The Bertz CT molecular complexity index is 871. The third-order valence-electron chi connectivity index (χ3n) is 3.33. The molecule has 0 saturated carbocycles. The van der Waals surface area contributed by atoms with Crippen molar-refractivity contribution >= 4 is 32.6 Å². The summed E-state index contributed by atoms with van der Waals surface area (Å²) in [5, 5.41) is 4.64. The summed E-state index contributed by atoms with van der Waals surface area (Å²) < 4.78 is 28.8. The van der Waals surface area contributed by atoms with Crippen LogP contribution in [0.25, 0.3) is 32.6 Å². The topological polar surface area (TPSA) is 25.8 Å². The predicted octanol–water partition coefficient (Wildman–Crippen LogP) is 5.73. The molecule has 0 fully saturated rings. The maximum Gasteiger partial charge on any atom is 2.00 e. The van der Waals surface area contributed by atoms with Gasteiger partial charge in [-0.05, 0) is 17.5 Å². The predicted molar refractivity (Wildman–Crippen MR) is 87.5 cm³/mol. The number of aromatic nitrogens is 2. The van der Waals surface area contributed by atoms with E-state index in [0.717, 1.165) is 27.2 Å². The van der Waals surface area contributed by atoms with Gasteiger partial charge in [0.2, 0.25) is 0 Å². The Morgan fingerprint density at radius 1 is 0.667 bits per heavy atom. The second kappa shape index (κ2) is 8.74. The Morgan fingerprint density at radius 2 is 1.04 bits per heavy atom. The molecule has 0 aliphatic carbocycles. The molecule has 6 heteroatoms. The molecule has 0 aliphatic rings. The van der Waals surface area contributed by atoms with Crippen LogP contribution < -0.4 is 0 Å². The largest absolute Gasteiger partial charge is 2.00 e. The van der Waals surface area contributed by atoms with Crippen LogP contribution in [0.3, 0.4) is 0 Å². The minimum absolute atomic E-state index is 0. The zero-order valence-corrected chi connectivity index (χ0v) is 14.9. The van der Waals surface area contributed by atoms with Crippen LogP contribution in [0.15, 0.2) is 60.9 Å². The molecule has 0 spiro atoms. The number of hydrogen-bond acceptors (Lipinski definition) is 2. The summed E-state index contributed by atoms with van der Waals surface area (Å²) in [4.78, 5) is 9.04. The van der Waals surface area contributed by atoms with Crippen molar-refractivity contribution < 1.29 is 34.2 Å². The van der Waals surface area contributed by atoms with Crippen molar-refractivity contribution in [1.29, 1.82) is 0 Å². The molecular formula is C18H13F3N2Pt. The van der Waals surface area contributed by atoms with Gasteiger partial charge in [-0.15, -0.1) is 0 Å². The first-order chi connectivity index (χ1) is 10.7. The molecule has 0 unspecified atom stereocenters.